The van der Waals surface area contributed by atoms with E-state index in [4.69, 9.17) is 15.1 Å². The Hall–Kier alpha value is -2.13. The molecule has 0 amide bonds. The summed E-state index contributed by atoms with van der Waals surface area (Å²) in [6.07, 6.45) is 0. The number of carboxylic acids is 1. The maximum atomic E-state index is 10.8. The van der Waals surface area contributed by atoms with Gasteiger partial charge in [-0.15, -0.1) is 0 Å². The van der Waals surface area contributed by atoms with Crippen LogP contribution in [-0.4, -0.2) is 42.4 Å². The molecule has 1 N–H and O–H groups in total. The van der Waals surface area contributed by atoms with Crippen molar-refractivity contribution in [3.8, 4) is 6.07 Å². The molecule has 1 aliphatic rings. The highest BCUT2D eigenvalue weighted by Gasteiger charge is 2.18. The molecule has 2 rings (SSSR count). The fourth-order valence-corrected chi connectivity index (χ4v) is 1.67. The highest BCUT2D eigenvalue weighted by atomic mass is 16.5. The SMILES string of the molecule is N#Cc1ccc(C(=O)O)nc1N1CCOCC1. The van der Waals surface area contributed by atoms with Crippen LogP contribution in [0.25, 0.3) is 0 Å². The lowest BCUT2D eigenvalue weighted by Gasteiger charge is -2.28. The molecule has 88 valence electrons. The van der Waals surface area contributed by atoms with Crippen molar-refractivity contribution in [1.82, 2.24) is 4.98 Å². The van der Waals surface area contributed by atoms with Crippen LogP contribution in [0.3, 0.4) is 0 Å². The highest BCUT2D eigenvalue weighted by Crippen LogP contribution is 2.19. The molecule has 1 aliphatic heterocycles. The van der Waals surface area contributed by atoms with E-state index in [0.29, 0.717) is 37.7 Å². The van der Waals surface area contributed by atoms with E-state index in [2.05, 4.69) is 4.98 Å². The van der Waals surface area contributed by atoms with Crippen LogP contribution >= 0.6 is 0 Å². The minimum absolute atomic E-state index is 0.0505. The van der Waals surface area contributed by atoms with Crippen molar-refractivity contribution in [1.29, 1.82) is 5.26 Å². The van der Waals surface area contributed by atoms with Gasteiger partial charge in [-0.05, 0) is 12.1 Å². The number of hydrogen-bond donors (Lipinski definition) is 1. The van der Waals surface area contributed by atoms with E-state index >= 15 is 0 Å². The number of carboxylic acid groups (broad SMARTS) is 1. The van der Waals surface area contributed by atoms with Gasteiger partial charge < -0.3 is 14.7 Å². The zero-order valence-corrected chi connectivity index (χ0v) is 9.09. The Morgan fingerprint density at radius 2 is 2.18 bits per heavy atom. The molecule has 2 heterocycles. The normalized spacial score (nSPS) is 15.4. The van der Waals surface area contributed by atoms with Gasteiger partial charge in [0, 0.05) is 13.1 Å². The zero-order chi connectivity index (χ0) is 12.3. The molecule has 0 radical (unpaired) electrons. The van der Waals surface area contributed by atoms with E-state index in [0.717, 1.165) is 0 Å². The molecular weight excluding hydrogens is 222 g/mol. The first-order chi connectivity index (χ1) is 8.22. The number of rotatable bonds is 2. The largest absolute Gasteiger partial charge is 0.477 e. The highest BCUT2D eigenvalue weighted by molar-refractivity contribution is 5.86. The Morgan fingerprint density at radius 1 is 1.47 bits per heavy atom. The van der Waals surface area contributed by atoms with Gasteiger partial charge >= 0.3 is 5.97 Å². The summed E-state index contributed by atoms with van der Waals surface area (Å²) < 4.78 is 5.20. The number of aromatic nitrogens is 1. The van der Waals surface area contributed by atoms with Crippen LogP contribution in [0.2, 0.25) is 0 Å². The number of ether oxygens (including phenoxy) is 1. The van der Waals surface area contributed by atoms with Gasteiger partial charge in [-0.1, -0.05) is 0 Å². The lowest BCUT2D eigenvalue weighted by molar-refractivity contribution is 0.0690. The minimum atomic E-state index is -1.09. The molecule has 1 aromatic heterocycles. The Bertz CT molecular complexity index is 475. The van der Waals surface area contributed by atoms with E-state index in [-0.39, 0.29) is 5.69 Å². The predicted octanol–water partition coefficient (Wildman–Crippen LogP) is 0.488. The van der Waals surface area contributed by atoms with Crippen LogP contribution in [0.5, 0.6) is 0 Å². The fourth-order valence-electron chi connectivity index (χ4n) is 1.67. The van der Waals surface area contributed by atoms with Gasteiger partial charge in [0.1, 0.15) is 11.9 Å². The fraction of sp³-hybridized carbons (Fsp3) is 0.364. The average Bonchev–Trinajstić information content (AvgIpc) is 2.39. The Kier molecular flexibility index (Phi) is 3.21. The van der Waals surface area contributed by atoms with Gasteiger partial charge in [0.25, 0.3) is 0 Å². The van der Waals surface area contributed by atoms with E-state index in [1.165, 1.54) is 12.1 Å². The molecule has 0 aliphatic carbocycles. The summed E-state index contributed by atoms with van der Waals surface area (Å²) in [5, 5.41) is 17.9. The van der Waals surface area contributed by atoms with E-state index < -0.39 is 5.97 Å². The van der Waals surface area contributed by atoms with E-state index in [1.54, 1.807) is 0 Å². The molecule has 1 aromatic rings. The number of nitrogens with zero attached hydrogens (tertiary/aromatic N) is 3. The molecule has 0 spiro atoms. The smallest absolute Gasteiger partial charge is 0.354 e. The van der Waals surface area contributed by atoms with Gasteiger partial charge in [-0.2, -0.15) is 5.26 Å². The first-order valence-electron chi connectivity index (χ1n) is 5.19. The summed E-state index contributed by atoms with van der Waals surface area (Å²) in [5.74, 6) is -0.667. The number of carbonyl (C=O) groups is 1. The van der Waals surface area contributed by atoms with Crippen LogP contribution in [0, 0.1) is 11.3 Å². The average molecular weight is 233 g/mol. The van der Waals surface area contributed by atoms with Crippen molar-refractivity contribution in [2.45, 2.75) is 0 Å². The Balaban J connectivity index is 2.38. The first kappa shape index (κ1) is 11.4. The maximum Gasteiger partial charge on any atom is 0.354 e. The van der Waals surface area contributed by atoms with Crippen molar-refractivity contribution >= 4 is 11.8 Å². The standard InChI is InChI=1S/C11H11N3O3/c12-7-8-1-2-9(11(15)16)13-10(8)14-3-5-17-6-4-14/h1-2H,3-6H2,(H,15,16). The maximum absolute atomic E-state index is 10.8. The van der Waals surface area contributed by atoms with Gasteiger partial charge in [-0.3, -0.25) is 0 Å². The second kappa shape index (κ2) is 4.80. The molecule has 6 heteroatoms. The monoisotopic (exact) mass is 233 g/mol. The topological polar surface area (TPSA) is 86.5 Å². The molecule has 0 unspecified atom stereocenters. The Labute approximate surface area is 98.1 Å². The lowest BCUT2D eigenvalue weighted by Crippen LogP contribution is -2.37. The van der Waals surface area contributed by atoms with Crippen LogP contribution in [-0.2, 0) is 4.74 Å². The number of anilines is 1. The summed E-state index contributed by atoms with van der Waals surface area (Å²) in [5.41, 5.74) is 0.336. The number of morpholine rings is 1. The third kappa shape index (κ3) is 2.34. The molecule has 0 atom stereocenters. The van der Waals surface area contributed by atoms with Crippen molar-refractivity contribution in [3.05, 3.63) is 23.4 Å². The van der Waals surface area contributed by atoms with Gasteiger partial charge in [-0.25, -0.2) is 9.78 Å². The summed E-state index contributed by atoms with van der Waals surface area (Å²) >= 11 is 0. The minimum Gasteiger partial charge on any atom is -0.477 e. The molecule has 0 saturated carbocycles. The van der Waals surface area contributed by atoms with Crippen LogP contribution in [0.15, 0.2) is 12.1 Å². The summed E-state index contributed by atoms with van der Waals surface area (Å²) in [4.78, 5) is 16.7. The lowest BCUT2D eigenvalue weighted by atomic mass is 10.2. The summed E-state index contributed by atoms with van der Waals surface area (Å²) in [6.45, 7) is 2.35. The van der Waals surface area contributed by atoms with E-state index in [1.807, 2.05) is 11.0 Å². The van der Waals surface area contributed by atoms with Crippen molar-refractivity contribution in [2.75, 3.05) is 31.2 Å². The summed E-state index contributed by atoms with van der Waals surface area (Å²) in [7, 11) is 0. The van der Waals surface area contributed by atoms with Crippen molar-refractivity contribution < 1.29 is 14.6 Å². The second-order valence-corrected chi connectivity index (χ2v) is 3.58. The molecule has 0 aromatic carbocycles. The van der Waals surface area contributed by atoms with Gasteiger partial charge in [0.15, 0.2) is 5.69 Å². The number of pyridine rings is 1. The number of nitriles is 1. The molecule has 6 nitrogen and oxygen atoms in total. The predicted molar refractivity (Wildman–Crippen MR) is 58.9 cm³/mol. The van der Waals surface area contributed by atoms with Crippen LogP contribution in [0.1, 0.15) is 16.1 Å². The second-order valence-electron chi connectivity index (χ2n) is 3.58. The summed E-state index contributed by atoms with van der Waals surface area (Å²) in [6, 6.07) is 4.85. The molecular formula is C11H11N3O3. The number of hydrogen-bond acceptors (Lipinski definition) is 5. The van der Waals surface area contributed by atoms with E-state index in [9.17, 15) is 4.79 Å². The Morgan fingerprint density at radius 3 is 2.76 bits per heavy atom. The molecule has 0 bridgehead atoms. The molecule has 17 heavy (non-hydrogen) atoms. The third-order valence-electron chi connectivity index (χ3n) is 2.53. The van der Waals surface area contributed by atoms with Crippen molar-refractivity contribution in [3.63, 3.8) is 0 Å². The quantitative estimate of drug-likeness (QED) is 0.799. The van der Waals surface area contributed by atoms with Gasteiger partial charge in [0.2, 0.25) is 0 Å². The van der Waals surface area contributed by atoms with Crippen LogP contribution < -0.4 is 4.90 Å². The first-order valence-corrected chi connectivity index (χ1v) is 5.19. The van der Waals surface area contributed by atoms with Gasteiger partial charge in [0.05, 0.1) is 18.8 Å². The molecule has 1 saturated heterocycles. The van der Waals surface area contributed by atoms with Crippen molar-refractivity contribution in [2.24, 2.45) is 0 Å². The van der Waals surface area contributed by atoms with Crippen LogP contribution in [0.4, 0.5) is 5.82 Å². The zero-order valence-electron chi connectivity index (χ0n) is 9.09. The third-order valence-corrected chi connectivity index (χ3v) is 2.53. The number of aromatic carboxylic acids is 1. The molecule has 1 fully saturated rings.